The topological polar surface area (TPSA) is 54.3 Å². The van der Waals surface area contributed by atoms with Crippen LogP contribution in [-0.2, 0) is 11.3 Å². The quantitative estimate of drug-likeness (QED) is 0.711. The number of nitrogens with one attached hydrogen (secondary N) is 2. The van der Waals surface area contributed by atoms with E-state index >= 15 is 0 Å². The van der Waals surface area contributed by atoms with Gasteiger partial charge in [-0.25, -0.2) is 0 Å². The number of carbonyl (C=O) groups is 1. The van der Waals surface area contributed by atoms with Gasteiger partial charge in [0.05, 0.1) is 12.8 Å². The van der Waals surface area contributed by atoms with Crippen molar-refractivity contribution in [3.8, 4) is 0 Å². The molecule has 0 radical (unpaired) electrons. The zero-order valence-electron chi connectivity index (χ0n) is 9.58. The summed E-state index contributed by atoms with van der Waals surface area (Å²) in [4.78, 5) is 11.3. The molecule has 1 aliphatic rings. The molecule has 1 aromatic rings. The largest absolute Gasteiger partial charge is 0.468 e. The molecule has 0 aliphatic heterocycles. The molecule has 2 N–H and O–H groups in total. The van der Waals surface area contributed by atoms with Gasteiger partial charge in [0, 0.05) is 19.0 Å². The van der Waals surface area contributed by atoms with Crippen LogP contribution in [0.2, 0.25) is 0 Å². The Morgan fingerprint density at radius 3 is 2.94 bits per heavy atom. The summed E-state index contributed by atoms with van der Waals surface area (Å²) >= 11 is 0. The number of aryl methyl sites for hydroxylation is 1. The Hall–Kier alpha value is -1.29. The van der Waals surface area contributed by atoms with E-state index in [-0.39, 0.29) is 5.91 Å². The lowest BCUT2D eigenvalue weighted by molar-refractivity contribution is -0.122. The summed E-state index contributed by atoms with van der Waals surface area (Å²) < 4.78 is 5.29. The third-order valence-corrected chi connectivity index (χ3v) is 2.80. The van der Waals surface area contributed by atoms with Gasteiger partial charge in [-0.15, -0.1) is 0 Å². The van der Waals surface area contributed by atoms with E-state index in [1.807, 2.05) is 13.0 Å². The van der Waals surface area contributed by atoms with Gasteiger partial charge in [-0.05, 0) is 31.4 Å². The Balaban J connectivity index is 1.55. The molecule has 2 rings (SSSR count). The van der Waals surface area contributed by atoms with Crippen LogP contribution < -0.4 is 10.6 Å². The van der Waals surface area contributed by atoms with Crippen LogP contribution in [0.25, 0.3) is 0 Å². The summed E-state index contributed by atoms with van der Waals surface area (Å²) in [5, 5.41) is 6.14. The highest BCUT2D eigenvalue weighted by Crippen LogP contribution is 2.28. The lowest BCUT2D eigenvalue weighted by atomic mass is 10.3. The van der Waals surface area contributed by atoms with E-state index in [0.29, 0.717) is 12.5 Å². The van der Waals surface area contributed by atoms with Gasteiger partial charge in [-0.2, -0.15) is 0 Å². The molecule has 0 aromatic carbocycles. The molecule has 0 spiro atoms. The molecular weight excluding hydrogens is 204 g/mol. The zero-order valence-corrected chi connectivity index (χ0v) is 9.58. The predicted octanol–water partition coefficient (Wildman–Crippen LogP) is 1.20. The smallest absolute Gasteiger partial charge is 0.223 e. The van der Waals surface area contributed by atoms with Crippen molar-refractivity contribution in [3.63, 3.8) is 0 Å². The monoisotopic (exact) mass is 222 g/mol. The van der Waals surface area contributed by atoms with Gasteiger partial charge in [-0.3, -0.25) is 4.79 Å². The van der Waals surface area contributed by atoms with Crippen molar-refractivity contribution in [1.82, 2.24) is 10.6 Å². The van der Waals surface area contributed by atoms with Crippen molar-refractivity contribution in [1.29, 1.82) is 0 Å². The van der Waals surface area contributed by atoms with Crippen molar-refractivity contribution < 1.29 is 9.21 Å². The number of hydrogen-bond acceptors (Lipinski definition) is 3. The SMILES string of the molecule is Cc1ccoc1CNCCNC(=O)C1CC1. The van der Waals surface area contributed by atoms with Crippen molar-refractivity contribution in [2.24, 2.45) is 5.92 Å². The Kier molecular flexibility index (Phi) is 3.62. The summed E-state index contributed by atoms with van der Waals surface area (Å²) in [5.41, 5.74) is 1.16. The maximum absolute atomic E-state index is 11.3. The van der Waals surface area contributed by atoms with Crippen LogP contribution in [0.5, 0.6) is 0 Å². The zero-order chi connectivity index (χ0) is 11.4. The normalized spacial score (nSPS) is 15.1. The first kappa shape index (κ1) is 11.2. The van der Waals surface area contributed by atoms with Gasteiger partial charge in [-0.1, -0.05) is 0 Å². The second-order valence-electron chi connectivity index (χ2n) is 4.27. The van der Waals surface area contributed by atoms with Crippen LogP contribution >= 0.6 is 0 Å². The molecule has 1 heterocycles. The van der Waals surface area contributed by atoms with Gasteiger partial charge in [0.15, 0.2) is 0 Å². The Bertz CT molecular complexity index is 356. The molecule has 0 bridgehead atoms. The first-order valence-electron chi connectivity index (χ1n) is 5.79. The van der Waals surface area contributed by atoms with Crippen molar-refractivity contribution in [2.75, 3.05) is 13.1 Å². The van der Waals surface area contributed by atoms with Crippen LogP contribution in [0.15, 0.2) is 16.7 Å². The maximum atomic E-state index is 11.3. The average molecular weight is 222 g/mol. The second-order valence-corrected chi connectivity index (χ2v) is 4.27. The molecule has 0 saturated heterocycles. The summed E-state index contributed by atoms with van der Waals surface area (Å²) in [6.45, 7) is 4.21. The van der Waals surface area contributed by atoms with Gasteiger partial charge in [0.1, 0.15) is 5.76 Å². The minimum atomic E-state index is 0.205. The van der Waals surface area contributed by atoms with E-state index in [9.17, 15) is 4.79 Å². The lowest BCUT2D eigenvalue weighted by Crippen LogP contribution is -2.32. The molecular formula is C12H18N2O2. The minimum Gasteiger partial charge on any atom is -0.468 e. The molecule has 1 saturated carbocycles. The maximum Gasteiger partial charge on any atom is 0.223 e. The molecule has 1 fully saturated rings. The van der Waals surface area contributed by atoms with Gasteiger partial charge in [0.2, 0.25) is 5.91 Å². The van der Waals surface area contributed by atoms with Crippen LogP contribution in [0.1, 0.15) is 24.2 Å². The standard InChI is InChI=1S/C12H18N2O2/c1-9-4-7-16-11(9)8-13-5-6-14-12(15)10-2-3-10/h4,7,10,13H,2-3,5-6,8H2,1H3,(H,14,15). The molecule has 4 nitrogen and oxygen atoms in total. The van der Waals surface area contributed by atoms with E-state index in [2.05, 4.69) is 10.6 Å². The average Bonchev–Trinajstić information content (AvgIpc) is 3.04. The van der Waals surface area contributed by atoms with Crippen molar-refractivity contribution in [3.05, 3.63) is 23.7 Å². The fourth-order valence-electron chi connectivity index (χ4n) is 1.55. The molecule has 16 heavy (non-hydrogen) atoms. The predicted molar refractivity (Wildman–Crippen MR) is 60.9 cm³/mol. The third kappa shape index (κ3) is 3.10. The summed E-state index contributed by atoms with van der Waals surface area (Å²) in [7, 11) is 0. The Morgan fingerprint density at radius 2 is 2.31 bits per heavy atom. The molecule has 88 valence electrons. The Morgan fingerprint density at radius 1 is 1.50 bits per heavy atom. The van der Waals surface area contributed by atoms with E-state index in [4.69, 9.17) is 4.42 Å². The van der Waals surface area contributed by atoms with Gasteiger partial charge >= 0.3 is 0 Å². The lowest BCUT2D eigenvalue weighted by Gasteiger charge is -2.05. The summed E-state index contributed by atoms with van der Waals surface area (Å²) in [6.07, 6.45) is 3.82. The van der Waals surface area contributed by atoms with Gasteiger partial charge < -0.3 is 15.1 Å². The van der Waals surface area contributed by atoms with Crippen molar-refractivity contribution >= 4 is 5.91 Å². The highest BCUT2D eigenvalue weighted by molar-refractivity contribution is 5.80. The third-order valence-electron chi connectivity index (χ3n) is 2.80. The van der Waals surface area contributed by atoms with E-state index in [1.54, 1.807) is 6.26 Å². The molecule has 0 atom stereocenters. The fourth-order valence-corrected chi connectivity index (χ4v) is 1.55. The molecule has 4 heteroatoms. The van der Waals surface area contributed by atoms with E-state index in [1.165, 1.54) is 0 Å². The second kappa shape index (κ2) is 5.16. The molecule has 1 amide bonds. The summed E-state index contributed by atoms with van der Waals surface area (Å²) in [5.74, 6) is 1.47. The van der Waals surface area contributed by atoms with Gasteiger partial charge in [0.25, 0.3) is 0 Å². The van der Waals surface area contributed by atoms with Crippen LogP contribution in [0.3, 0.4) is 0 Å². The Labute approximate surface area is 95.4 Å². The molecule has 0 unspecified atom stereocenters. The minimum absolute atomic E-state index is 0.205. The number of furan rings is 1. The first-order chi connectivity index (χ1) is 7.77. The van der Waals surface area contributed by atoms with Crippen LogP contribution in [0, 0.1) is 12.8 Å². The number of carbonyl (C=O) groups excluding carboxylic acids is 1. The first-order valence-corrected chi connectivity index (χ1v) is 5.79. The number of rotatable bonds is 6. The van der Waals surface area contributed by atoms with Crippen molar-refractivity contribution in [2.45, 2.75) is 26.3 Å². The fraction of sp³-hybridized carbons (Fsp3) is 0.583. The highest BCUT2D eigenvalue weighted by atomic mass is 16.3. The van der Waals surface area contributed by atoms with Crippen LogP contribution in [0.4, 0.5) is 0 Å². The van der Waals surface area contributed by atoms with E-state index < -0.39 is 0 Å². The number of hydrogen-bond donors (Lipinski definition) is 2. The molecule has 1 aromatic heterocycles. The van der Waals surface area contributed by atoms with E-state index in [0.717, 1.165) is 37.3 Å². The number of amides is 1. The highest BCUT2D eigenvalue weighted by Gasteiger charge is 2.28. The summed E-state index contributed by atoms with van der Waals surface area (Å²) in [6, 6.07) is 1.95. The molecule has 1 aliphatic carbocycles. The van der Waals surface area contributed by atoms with Crippen LogP contribution in [-0.4, -0.2) is 19.0 Å².